The summed E-state index contributed by atoms with van der Waals surface area (Å²) in [6.45, 7) is 6.85. The Hall–Kier alpha value is -1.81. The SMILES string of the molecule is CCCNCc1cccnc1N(C)Cc1ccoc1C. The zero-order valence-corrected chi connectivity index (χ0v) is 12.5. The van der Waals surface area contributed by atoms with Crippen LogP contribution in [0.4, 0.5) is 5.82 Å². The Labute approximate surface area is 120 Å². The number of anilines is 1. The van der Waals surface area contributed by atoms with Crippen molar-refractivity contribution in [1.82, 2.24) is 10.3 Å². The molecular weight excluding hydrogens is 250 g/mol. The smallest absolute Gasteiger partial charge is 0.133 e. The minimum atomic E-state index is 0.806. The van der Waals surface area contributed by atoms with E-state index < -0.39 is 0 Å². The van der Waals surface area contributed by atoms with E-state index in [0.717, 1.165) is 37.6 Å². The second-order valence-corrected chi connectivity index (χ2v) is 5.02. The van der Waals surface area contributed by atoms with Gasteiger partial charge >= 0.3 is 0 Å². The molecule has 0 aliphatic carbocycles. The van der Waals surface area contributed by atoms with E-state index in [0.29, 0.717) is 0 Å². The van der Waals surface area contributed by atoms with Crippen molar-refractivity contribution in [3.05, 3.63) is 47.5 Å². The van der Waals surface area contributed by atoms with Crippen LogP contribution < -0.4 is 10.2 Å². The van der Waals surface area contributed by atoms with Crippen molar-refractivity contribution in [1.29, 1.82) is 0 Å². The van der Waals surface area contributed by atoms with E-state index in [1.807, 2.05) is 25.3 Å². The number of nitrogens with zero attached hydrogens (tertiary/aromatic N) is 2. The fraction of sp³-hybridized carbons (Fsp3) is 0.438. The Balaban J connectivity index is 2.08. The molecule has 0 saturated carbocycles. The van der Waals surface area contributed by atoms with Gasteiger partial charge in [0.15, 0.2) is 0 Å². The van der Waals surface area contributed by atoms with E-state index >= 15 is 0 Å². The van der Waals surface area contributed by atoms with Crippen LogP contribution in [-0.4, -0.2) is 18.6 Å². The van der Waals surface area contributed by atoms with Gasteiger partial charge in [0.1, 0.15) is 11.6 Å². The molecule has 0 fully saturated rings. The summed E-state index contributed by atoms with van der Waals surface area (Å²) in [4.78, 5) is 6.69. The number of pyridine rings is 1. The van der Waals surface area contributed by atoms with Gasteiger partial charge in [-0.15, -0.1) is 0 Å². The van der Waals surface area contributed by atoms with Crippen molar-refractivity contribution in [3.63, 3.8) is 0 Å². The molecule has 4 nitrogen and oxygen atoms in total. The van der Waals surface area contributed by atoms with Crippen molar-refractivity contribution in [2.75, 3.05) is 18.5 Å². The molecule has 2 aromatic rings. The Morgan fingerprint density at radius 1 is 1.30 bits per heavy atom. The highest BCUT2D eigenvalue weighted by Gasteiger charge is 2.11. The molecule has 0 amide bonds. The molecule has 108 valence electrons. The maximum Gasteiger partial charge on any atom is 0.133 e. The predicted molar refractivity (Wildman–Crippen MR) is 81.8 cm³/mol. The average molecular weight is 273 g/mol. The van der Waals surface area contributed by atoms with Gasteiger partial charge in [0, 0.05) is 37.5 Å². The normalized spacial score (nSPS) is 10.8. The van der Waals surface area contributed by atoms with Crippen LogP contribution in [-0.2, 0) is 13.1 Å². The van der Waals surface area contributed by atoms with Crippen LogP contribution in [0.1, 0.15) is 30.2 Å². The average Bonchev–Trinajstić information content (AvgIpc) is 2.85. The van der Waals surface area contributed by atoms with Crippen LogP contribution in [0.2, 0.25) is 0 Å². The maximum absolute atomic E-state index is 5.35. The van der Waals surface area contributed by atoms with Crippen molar-refractivity contribution >= 4 is 5.82 Å². The summed E-state index contributed by atoms with van der Waals surface area (Å²) in [6, 6.07) is 6.14. The minimum absolute atomic E-state index is 0.806. The molecule has 0 atom stereocenters. The van der Waals surface area contributed by atoms with Gasteiger partial charge in [-0.3, -0.25) is 0 Å². The largest absolute Gasteiger partial charge is 0.469 e. The molecule has 0 radical (unpaired) electrons. The summed E-state index contributed by atoms with van der Waals surface area (Å²) in [7, 11) is 2.07. The topological polar surface area (TPSA) is 41.3 Å². The summed E-state index contributed by atoms with van der Waals surface area (Å²) < 4.78 is 5.35. The highest BCUT2D eigenvalue weighted by molar-refractivity contribution is 5.46. The van der Waals surface area contributed by atoms with Gasteiger partial charge in [0.05, 0.1) is 6.26 Å². The quantitative estimate of drug-likeness (QED) is 0.787. The lowest BCUT2D eigenvalue weighted by Crippen LogP contribution is -2.22. The van der Waals surface area contributed by atoms with Crippen LogP contribution in [0.3, 0.4) is 0 Å². The van der Waals surface area contributed by atoms with Crippen molar-refractivity contribution in [2.45, 2.75) is 33.4 Å². The summed E-state index contributed by atoms with van der Waals surface area (Å²) in [5, 5.41) is 3.43. The molecule has 2 heterocycles. The molecule has 0 saturated heterocycles. The van der Waals surface area contributed by atoms with Crippen LogP contribution in [0.25, 0.3) is 0 Å². The number of rotatable bonds is 7. The number of hydrogen-bond acceptors (Lipinski definition) is 4. The zero-order valence-electron chi connectivity index (χ0n) is 12.5. The first-order valence-electron chi connectivity index (χ1n) is 7.11. The van der Waals surface area contributed by atoms with E-state index in [1.54, 1.807) is 6.26 Å². The molecule has 4 heteroatoms. The van der Waals surface area contributed by atoms with Gasteiger partial charge in [0.25, 0.3) is 0 Å². The van der Waals surface area contributed by atoms with Gasteiger partial charge in [-0.2, -0.15) is 0 Å². The third-order valence-corrected chi connectivity index (χ3v) is 3.35. The fourth-order valence-corrected chi connectivity index (χ4v) is 2.22. The molecule has 0 aliphatic rings. The summed E-state index contributed by atoms with van der Waals surface area (Å²) in [5.74, 6) is 2.00. The minimum Gasteiger partial charge on any atom is -0.469 e. The lowest BCUT2D eigenvalue weighted by Gasteiger charge is -2.21. The van der Waals surface area contributed by atoms with Gasteiger partial charge in [-0.1, -0.05) is 13.0 Å². The molecule has 0 bridgehead atoms. The van der Waals surface area contributed by atoms with Crippen molar-refractivity contribution in [3.8, 4) is 0 Å². The molecule has 0 spiro atoms. The second-order valence-electron chi connectivity index (χ2n) is 5.02. The first kappa shape index (κ1) is 14.6. The Kier molecular flexibility index (Phi) is 5.18. The van der Waals surface area contributed by atoms with Gasteiger partial charge < -0.3 is 14.6 Å². The Morgan fingerprint density at radius 2 is 2.15 bits per heavy atom. The zero-order chi connectivity index (χ0) is 14.4. The summed E-state index contributed by atoms with van der Waals surface area (Å²) >= 11 is 0. The third-order valence-electron chi connectivity index (χ3n) is 3.35. The van der Waals surface area contributed by atoms with Crippen LogP contribution >= 0.6 is 0 Å². The summed E-state index contributed by atoms with van der Waals surface area (Å²) in [5.41, 5.74) is 2.43. The molecular formula is C16H23N3O. The summed E-state index contributed by atoms with van der Waals surface area (Å²) in [6.07, 6.45) is 4.72. The highest BCUT2D eigenvalue weighted by Crippen LogP contribution is 2.19. The molecule has 20 heavy (non-hydrogen) atoms. The van der Waals surface area contributed by atoms with E-state index in [9.17, 15) is 0 Å². The van der Waals surface area contributed by atoms with Gasteiger partial charge in [-0.05, 0) is 32.0 Å². The van der Waals surface area contributed by atoms with Crippen LogP contribution in [0.15, 0.2) is 35.1 Å². The van der Waals surface area contributed by atoms with Gasteiger partial charge in [-0.25, -0.2) is 4.98 Å². The molecule has 2 aromatic heterocycles. The maximum atomic E-state index is 5.35. The van der Waals surface area contributed by atoms with E-state index in [2.05, 4.69) is 35.2 Å². The molecule has 0 aliphatic heterocycles. The lowest BCUT2D eigenvalue weighted by molar-refractivity contribution is 0.529. The Morgan fingerprint density at radius 3 is 2.85 bits per heavy atom. The van der Waals surface area contributed by atoms with E-state index in [1.165, 1.54) is 11.1 Å². The fourth-order valence-electron chi connectivity index (χ4n) is 2.22. The molecule has 0 aromatic carbocycles. The van der Waals surface area contributed by atoms with E-state index in [4.69, 9.17) is 4.42 Å². The number of aromatic nitrogens is 1. The monoisotopic (exact) mass is 273 g/mol. The molecule has 2 rings (SSSR count). The van der Waals surface area contributed by atoms with E-state index in [-0.39, 0.29) is 0 Å². The standard InChI is InChI=1S/C16H23N3O/c1-4-8-17-11-14-6-5-9-18-16(14)19(3)12-15-7-10-20-13(15)2/h5-7,9-10,17H,4,8,11-12H2,1-3H3. The highest BCUT2D eigenvalue weighted by atomic mass is 16.3. The molecule has 1 N–H and O–H groups in total. The second kappa shape index (κ2) is 7.10. The first-order chi connectivity index (χ1) is 9.72. The number of nitrogens with one attached hydrogen (secondary N) is 1. The number of hydrogen-bond donors (Lipinski definition) is 1. The van der Waals surface area contributed by atoms with Crippen LogP contribution in [0.5, 0.6) is 0 Å². The van der Waals surface area contributed by atoms with Crippen molar-refractivity contribution < 1.29 is 4.42 Å². The van der Waals surface area contributed by atoms with Crippen molar-refractivity contribution in [2.24, 2.45) is 0 Å². The third kappa shape index (κ3) is 3.61. The lowest BCUT2D eigenvalue weighted by atomic mass is 10.2. The Bertz CT molecular complexity index is 536. The first-order valence-corrected chi connectivity index (χ1v) is 7.11. The predicted octanol–water partition coefficient (Wildman–Crippen LogP) is 3.12. The number of furan rings is 1. The van der Waals surface area contributed by atoms with Crippen LogP contribution in [0, 0.1) is 6.92 Å². The number of aryl methyl sites for hydroxylation is 1. The van der Waals surface area contributed by atoms with Gasteiger partial charge in [0.2, 0.25) is 0 Å². The molecule has 0 unspecified atom stereocenters.